The van der Waals surface area contributed by atoms with Gasteiger partial charge in [0.1, 0.15) is 17.4 Å². The van der Waals surface area contributed by atoms with E-state index in [1.54, 1.807) is 12.1 Å². The van der Waals surface area contributed by atoms with Gasteiger partial charge in [0.25, 0.3) is 0 Å². The fourth-order valence-electron chi connectivity index (χ4n) is 4.59. The molecule has 1 saturated carbocycles. The first kappa shape index (κ1) is 19.5. The summed E-state index contributed by atoms with van der Waals surface area (Å²) < 4.78 is 21.4. The van der Waals surface area contributed by atoms with Crippen LogP contribution in [0.15, 0.2) is 42.5 Å². The number of rotatable bonds is 3. The Labute approximate surface area is 180 Å². The summed E-state index contributed by atoms with van der Waals surface area (Å²) in [5, 5.41) is 9.89. The van der Waals surface area contributed by atoms with Crippen molar-refractivity contribution in [2.24, 2.45) is 0 Å². The fraction of sp³-hybridized carbons (Fsp3) is 0.391. The minimum Gasteiger partial charge on any atom is -0.490 e. The van der Waals surface area contributed by atoms with Gasteiger partial charge in [-0.15, -0.1) is 10.2 Å². The predicted octanol–water partition coefficient (Wildman–Crippen LogP) is 5.11. The Morgan fingerprint density at radius 3 is 2.53 bits per heavy atom. The van der Waals surface area contributed by atoms with E-state index in [0.29, 0.717) is 5.92 Å². The Hall–Kier alpha value is -2.44. The van der Waals surface area contributed by atoms with Gasteiger partial charge in [-0.2, -0.15) is 0 Å². The maximum absolute atomic E-state index is 13.1. The lowest BCUT2D eigenvalue weighted by molar-refractivity contribution is 0.144. The van der Waals surface area contributed by atoms with E-state index in [9.17, 15) is 4.39 Å². The zero-order valence-electron chi connectivity index (χ0n) is 16.9. The van der Waals surface area contributed by atoms with Crippen molar-refractivity contribution in [3.05, 3.63) is 70.5 Å². The van der Waals surface area contributed by atoms with Crippen LogP contribution in [0.2, 0.25) is 5.02 Å². The minimum atomic E-state index is -0.245. The maximum atomic E-state index is 13.1. The lowest BCUT2D eigenvalue weighted by Crippen LogP contribution is -2.25. The van der Waals surface area contributed by atoms with Gasteiger partial charge in [-0.1, -0.05) is 11.6 Å². The largest absolute Gasteiger partial charge is 0.490 e. The van der Waals surface area contributed by atoms with Gasteiger partial charge in [0, 0.05) is 17.5 Å². The molecule has 0 amide bonds. The van der Waals surface area contributed by atoms with E-state index >= 15 is 0 Å². The van der Waals surface area contributed by atoms with Crippen LogP contribution in [0.25, 0.3) is 5.69 Å². The molecule has 0 saturated heterocycles. The van der Waals surface area contributed by atoms with Crippen LogP contribution in [-0.4, -0.2) is 32.8 Å². The molecule has 5 nitrogen and oxygen atoms in total. The molecule has 156 valence electrons. The van der Waals surface area contributed by atoms with Crippen molar-refractivity contribution in [1.82, 2.24) is 19.7 Å². The van der Waals surface area contributed by atoms with Gasteiger partial charge in [-0.05, 0) is 80.8 Å². The van der Waals surface area contributed by atoms with Crippen molar-refractivity contribution < 1.29 is 9.13 Å². The number of ether oxygens (including phenoxy) is 1. The highest BCUT2D eigenvalue weighted by Gasteiger charge is 2.30. The molecular formula is C23H24ClFN4O. The summed E-state index contributed by atoms with van der Waals surface area (Å²) in [6.07, 6.45) is 4.01. The quantitative estimate of drug-likeness (QED) is 0.583. The summed E-state index contributed by atoms with van der Waals surface area (Å²) in [7, 11) is 2.09. The van der Waals surface area contributed by atoms with Crippen LogP contribution in [0.4, 0.5) is 4.39 Å². The standard InChI is InChI=1S/C23H24ClFN4O/c1-28-13-16-12-17(24)4-11-21(16)29-22(14-28)26-27-23(29)15-2-7-19(8-3-15)30-20-9-5-18(25)6-10-20/h4-6,9-12,15,19H,2-3,7-8,13-14H2,1H3. The third kappa shape index (κ3) is 3.82. The van der Waals surface area contributed by atoms with Crippen molar-refractivity contribution >= 4 is 11.6 Å². The second-order valence-electron chi connectivity index (χ2n) is 8.30. The molecule has 0 radical (unpaired) electrons. The van der Waals surface area contributed by atoms with Crippen molar-refractivity contribution in [2.45, 2.75) is 50.8 Å². The number of fused-ring (bicyclic) bond motifs is 3. The summed E-state index contributed by atoms with van der Waals surface area (Å²) in [6, 6.07) is 12.3. The van der Waals surface area contributed by atoms with Gasteiger partial charge in [0.15, 0.2) is 5.82 Å². The number of hydrogen-bond acceptors (Lipinski definition) is 4. The smallest absolute Gasteiger partial charge is 0.151 e. The SMILES string of the molecule is CN1Cc2cc(Cl)ccc2-n2c(nnc2C2CCC(Oc3ccc(F)cc3)CC2)C1. The zero-order chi connectivity index (χ0) is 20.7. The second kappa shape index (κ2) is 8.00. The summed E-state index contributed by atoms with van der Waals surface area (Å²) >= 11 is 6.26. The molecule has 2 aromatic carbocycles. The molecule has 0 unspecified atom stereocenters. The van der Waals surface area contributed by atoms with Crippen LogP contribution in [0.5, 0.6) is 5.75 Å². The number of benzene rings is 2. The zero-order valence-corrected chi connectivity index (χ0v) is 17.6. The lowest BCUT2D eigenvalue weighted by atomic mass is 9.86. The summed E-state index contributed by atoms with van der Waals surface area (Å²) in [6.45, 7) is 1.58. The van der Waals surface area contributed by atoms with E-state index in [2.05, 4.69) is 32.8 Å². The Kier molecular flexibility index (Phi) is 5.21. The molecule has 5 rings (SSSR count). The number of nitrogens with zero attached hydrogens (tertiary/aromatic N) is 4. The molecule has 3 aromatic rings. The van der Waals surface area contributed by atoms with Gasteiger partial charge in [-0.3, -0.25) is 9.47 Å². The predicted molar refractivity (Wildman–Crippen MR) is 114 cm³/mol. The number of halogens is 2. The average molecular weight is 427 g/mol. The van der Waals surface area contributed by atoms with E-state index in [-0.39, 0.29) is 11.9 Å². The first-order valence-corrected chi connectivity index (χ1v) is 10.8. The molecule has 30 heavy (non-hydrogen) atoms. The molecular weight excluding hydrogens is 403 g/mol. The molecule has 1 aliphatic carbocycles. The molecule has 1 aliphatic heterocycles. The Morgan fingerprint density at radius 1 is 1.00 bits per heavy atom. The topological polar surface area (TPSA) is 43.2 Å². The van der Waals surface area contributed by atoms with E-state index in [4.69, 9.17) is 16.3 Å². The van der Waals surface area contributed by atoms with Crippen LogP contribution >= 0.6 is 11.6 Å². The molecule has 1 fully saturated rings. The van der Waals surface area contributed by atoms with Crippen molar-refractivity contribution in [1.29, 1.82) is 0 Å². The highest BCUT2D eigenvalue weighted by atomic mass is 35.5. The highest BCUT2D eigenvalue weighted by molar-refractivity contribution is 6.30. The second-order valence-corrected chi connectivity index (χ2v) is 8.74. The lowest BCUT2D eigenvalue weighted by Gasteiger charge is -2.29. The van der Waals surface area contributed by atoms with Gasteiger partial charge < -0.3 is 4.74 Å². The molecule has 0 spiro atoms. The minimum absolute atomic E-state index is 0.149. The van der Waals surface area contributed by atoms with Crippen molar-refractivity contribution in [2.75, 3.05) is 7.05 Å². The Morgan fingerprint density at radius 2 is 1.77 bits per heavy atom. The van der Waals surface area contributed by atoms with E-state index in [1.807, 2.05) is 12.1 Å². The highest BCUT2D eigenvalue weighted by Crippen LogP contribution is 2.37. The molecule has 0 N–H and O–H groups in total. The van der Waals surface area contributed by atoms with E-state index in [0.717, 1.165) is 66.9 Å². The average Bonchev–Trinajstić information content (AvgIpc) is 3.07. The number of hydrogen-bond donors (Lipinski definition) is 0. The first-order valence-electron chi connectivity index (χ1n) is 10.4. The summed E-state index contributed by atoms with van der Waals surface area (Å²) in [4.78, 5) is 2.24. The van der Waals surface area contributed by atoms with Gasteiger partial charge in [0.05, 0.1) is 18.3 Å². The van der Waals surface area contributed by atoms with Gasteiger partial charge >= 0.3 is 0 Å². The fourth-order valence-corrected chi connectivity index (χ4v) is 4.79. The van der Waals surface area contributed by atoms with Crippen LogP contribution < -0.4 is 4.74 Å². The van der Waals surface area contributed by atoms with Crippen LogP contribution in [0.3, 0.4) is 0 Å². The Bertz CT molecular complexity index is 1040. The molecule has 2 aliphatic rings. The third-order valence-corrected chi connectivity index (χ3v) is 6.28. The number of aromatic nitrogens is 3. The van der Waals surface area contributed by atoms with E-state index in [1.165, 1.54) is 17.7 Å². The van der Waals surface area contributed by atoms with Crippen molar-refractivity contribution in [3.63, 3.8) is 0 Å². The Balaban J connectivity index is 1.36. The molecule has 2 heterocycles. The molecule has 1 aromatic heterocycles. The molecule has 0 atom stereocenters. The molecule has 0 bridgehead atoms. The maximum Gasteiger partial charge on any atom is 0.151 e. The van der Waals surface area contributed by atoms with E-state index < -0.39 is 0 Å². The van der Waals surface area contributed by atoms with Crippen molar-refractivity contribution in [3.8, 4) is 11.4 Å². The van der Waals surface area contributed by atoms with Crippen LogP contribution in [0.1, 0.15) is 48.8 Å². The molecule has 7 heteroatoms. The van der Waals surface area contributed by atoms with Crippen LogP contribution in [-0.2, 0) is 13.1 Å². The monoisotopic (exact) mass is 426 g/mol. The normalized spacial score (nSPS) is 21.6. The summed E-state index contributed by atoms with van der Waals surface area (Å²) in [5.41, 5.74) is 2.32. The van der Waals surface area contributed by atoms with Gasteiger partial charge in [-0.25, -0.2) is 4.39 Å². The first-order chi connectivity index (χ1) is 14.6. The summed E-state index contributed by atoms with van der Waals surface area (Å²) in [5.74, 6) is 2.82. The third-order valence-electron chi connectivity index (χ3n) is 6.04. The van der Waals surface area contributed by atoms with Crippen LogP contribution in [0, 0.1) is 5.82 Å². The van der Waals surface area contributed by atoms with Gasteiger partial charge in [0.2, 0.25) is 0 Å².